The van der Waals surface area contributed by atoms with Crippen molar-refractivity contribution >= 4 is 34.6 Å². The standard InChI is InChI=1S/C16H11ClN2O3S/c17-15-6-5-12(22-15)10-9-11(14-4-2-8-23-14)19(18-10)16(20)13-3-1-7-21-13/h1-8,11H,9H2/t11-/m0/s1. The lowest BCUT2D eigenvalue weighted by atomic mass is 10.1. The molecule has 1 aliphatic rings. The van der Waals surface area contributed by atoms with Gasteiger partial charge in [-0.2, -0.15) is 5.10 Å². The maximum atomic E-state index is 12.7. The van der Waals surface area contributed by atoms with Crippen molar-refractivity contribution in [3.63, 3.8) is 0 Å². The summed E-state index contributed by atoms with van der Waals surface area (Å²) in [5.74, 6) is 0.557. The second-order valence-corrected chi connectivity index (χ2v) is 6.36. The van der Waals surface area contributed by atoms with Crippen molar-refractivity contribution in [3.05, 3.63) is 69.7 Å². The number of carbonyl (C=O) groups is 1. The molecule has 0 saturated heterocycles. The quantitative estimate of drug-likeness (QED) is 0.697. The highest BCUT2D eigenvalue weighted by Crippen LogP contribution is 2.36. The second-order valence-electron chi connectivity index (χ2n) is 5.01. The van der Waals surface area contributed by atoms with Crippen molar-refractivity contribution < 1.29 is 13.6 Å². The van der Waals surface area contributed by atoms with Gasteiger partial charge in [0.2, 0.25) is 0 Å². The number of rotatable bonds is 3. The number of carbonyl (C=O) groups excluding carboxylic acids is 1. The Labute approximate surface area is 140 Å². The Morgan fingerprint density at radius 1 is 1.30 bits per heavy atom. The van der Waals surface area contributed by atoms with Crippen LogP contribution in [0, 0.1) is 0 Å². The monoisotopic (exact) mass is 346 g/mol. The van der Waals surface area contributed by atoms with Crippen LogP contribution in [-0.2, 0) is 0 Å². The molecule has 0 aliphatic carbocycles. The van der Waals surface area contributed by atoms with Gasteiger partial charge in [-0.15, -0.1) is 11.3 Å². The number of furan rings is 2. The number of hydrogen-bond donors (Lipinski definition) is 0. The lowest BCUT2D eigenvalue weighted by Crippen LogP contribution is -2.26. The fourth-order valence-corrected chi connectivity index (χ4v) is 3.49. The van der Waals surface area contributed by atoms with Crippen molar-refractivity contribution in [1.29, 1.82) is 0 Å². The molecule has 0 bridgehead atoms. The Kier molecular flexibility index (Phi) is 3.55. The van der Waals surface area contributed by atoms with Gasteiger partial charge in [0.25, 0.3) is 0 Å². The molecule has 3 aromatic rings. The normalized spacial score (nSPS) is 17.5. The molecule has 1 amide bonds. The van der Waals surface area contributed by atoms with Crippen LogP contribution >= 0.6 is 22.9 Å². The summed E-state index contributed by atoms with van der Waals surface area (Å²) in [6.45, 7) is 0. The fraction of sp³-hybridized carbons (Fsp3) is 0.125. The highest BCUT2D eigenvalue weighted by molar-refractivity contribution is 7.10. The van der Waals surface area contributed by atoms with Gasteiger partial charge < -0.3 is 8.83 Å². The largest absolute Gasteiger partial charge is 0.459 e. The van der Waals surface area contributed by atoms with E-state index in [4.69, 9.17) is 20.4 Å². The summed E-state index contributed by atoms with van der Waals surface area (Å²) in [5, 5.41) is 8.19. The first-order valence-corrected chi connectivity index (χ1v) is 8.22. The number of halogens is 1. The van der Waals surface area contributed by atoms with E-state index in [0.717, 1.165) is 4.88 Å². The molecule has 3 aromatic heterocycles. The summed E-state index contributed by atoms with van der Waals surface area (Å²) in [5.41, 5.74) is 0.690. The van der Waals surface area contributed by atoms with Gasteiger partial charge in [-0.1, -0.05) is 6.07 Å². The molecule has 0 N–H and O–H groups in total. The zero-order valence-corrected chi connectivity index (χ0v) is 13.4. The third-order valence-corrected chi connectivity index (χ3v) is 4.76. The third-order valence-electron chi connectivity index (χ3n) is 3.58. The summed E-state index contributed by atoms with van der Waals surface area (Å²) in [6, 6.07) is 10.5. The summed E-state index contributed by atoms with van der Waals surface area (Å²) >= 11 is 7.43. The number of nitrogens with zero attached hydrogens (tertiary/aromatic N) is 2. The number of hydrogen-bond acceptors (Lipinski definition) is 5. The smallest absolute Gasteiger partial charge is 0.310 e. The average Bonchev–Trinajstić information content (AvgIpc) is 3.31. The third kappa shape index (κ3) is 2.60. The van der Waals surface area contributed by atoms with E-state index in [0.29, 0.717) is 23.1 Å². The van der Waals surface area contributed by atoms with Gasteiger partial charge in [0, 0.05) is 11.3 Å². The minimum atomic E-state index is -0.277. The van der Waals surface area contributed by atoms with Crippen LogP contribution in [-0.4, -0.2) is 16.6 Å². The van der Waals surface area contributed by atoms with E-state index < -0.39 is 0 Å². The molecular formula is C16H11ClN2O3S. The molecule has 1 aliphatic heterocycles. The van der Waals surface area contributed by atoms with Crippen LogP contribution in [0.3, 0.4) is 0 Å². The topological polar surface area (TPSA) is 59.0 Å². The van der Waals surface area contributed by atoms with Crippen molar-refractivity contribution in [2.75, 3.05) is 0 Å². The Morgan fingerprint density at radius 3 is 2.87 bits per heavy atom. The maximum Gasteiger partial charge on any atom is 0.310 e. The Morgan fingerprint density at radius 2 is 2.22 bits per heavy atom. The Hall–Kier alpha value is -2.31. The zero-order valence-electron chi connectivity index (χ0n) is 11.8. The van der Waals surface area contributed by atoms with E-state index in [1.165, 1.54) is 11.3 Å². The molecule has 0 spiro atoms. The highest BCUT2D eigenvalue weighted by atomic mass is 35.5. The molecule has 0 radical (unpaired) electrons. The first kappa shape index (κ1) is 14.3. The average molecular weight is 347 g/mol. The van der Waals surface area contributed by atoms with E-state index in [-0.39, 0.29) is 17.7 Å². The van der Waals surface area contributed by atoms with Crippen LogP contribution < -0.4 is 0 Å². The van der Waals surface area contributed by atoms with Crippen molar-refractivity contribution in [2.24, 2.45) is 5.10 Å². The minimum Gasteiger partial charge on any atom is -0.459 e. The number of hydrazone groups is 1. The fourth-order valence-electron chi connectivity index (χ4n) is 2.53. The Balaban J connectivity index is 1.71. The van der Waals surface area contributed by atoms with Gasteiger partial charge in [0.15, 0.2) is 16.7 Å². The summed E-state index contributed by atoms with van der Waals surface area (Å²) in [6.07, 6.45) is 2.04. The first-order valence-electron chi connectivity index (χ1n) is 6.96. The van der Waals surface area contributed by atoms with E-state index in [2.05, 4.69) is 5.10 Å². The van der Waals surface area contributed by atoms with Crippen LogP contribution in [0.15, 0.2) is 62.0 Å². The van der Waals surface area contributed by atoms with E-state index >= 15 is 0 Å². The molecule has 5 nitrogen and oxygen atoms in total. The number of thiophene rings is 1. The molecule has 1 atom stereocenters. The predicted octanol–water partition coefficient (Wildman–Crippen LogP) is 4.58. The molecule has 7 heteroatoms. The van der Waals surface area contributed by atoms with Gasteiger partial charge in [-0.3, -0.25) is 4.79 Å². The summed E-state index contributed by atoms with van der Waals surface area (Å²) in [7, 11) is 0. The molecule has 4 rings (SSSR count). The van der Waals surface area contributed by atoms with Crippen molar-refractivity contribution in [2.45, 2.75) is 12.5 Å². The second kappa shape index (κ2) is 5.72. The van der Waals surface area contributed by atoms with Crippen molar-refractivity contribution in [3.8, 4) is 0 Å². The highest BCUT2D eigenvalue weighted by Gasteiger charge is 2.36. The SMILES string of the molecule is O=C(c1ccco1)N1N=C(c2ccc(Cl)o2)C[C@H]1c1cccs1. The lowest BCUT2D eigenvalue weighted by Gasteiger charge is -2.19. The molecule has 0 fully saturated rings. The van der Waals surface area contributed by atoms with Gasteiger partial charge in [-0.05, 0) is 47.3 Å². The molecule has 0 unspecified atom stereocenters. The van der Waals surface area contributed by atoms with E-state index in [1.54, 1.807) is 35.6 Å². The molecule has 4 heterocycles. The van der Waals surface area contributed by atoms with Crippen LogP contribution in [0.25, 0.3) is 0 Å². The molecule has 0 aromatic carbocycles. The minimum absolute atomic E-state index is 0.175. The Bertz CT molecular complexity index is 852. The summed E-state index contributed by atoms with van der Waals surface area (Å²) in [4.78, 5) is 13.7. The van der Waals surface area contributed by atoms with Gasteiger partial charge in [0.1, 0.15) is 5.71 Å². The lowest BCUT2D eigenvalue weighted by molar-refractivity contribution is 0.0681. The van der Waals surface area contributed by atoms with Crippen LogP contribution in [0.5, 0.6) is 0 Å². The molecule has 116 valence electrons. The van der Waals surface area contributed by atoms with Gasteiger partial charge >= 0.3 is 5.91 Å². The zero-order chi connectivity index (χ0) is 15.8. The van der Waals surface area contributed by atoms with Crippen LogP contribution in [0.1, 0.15) is 33.7 Å². The van der Waals surface area contributed by atoms with Crippen LogP contribution in [0.4, 0.5) is 0 Å². The summed E-state index contributed by atoms with van der Waals surface area (Å²) < 4.78 is 10.6. The van der Waals surface area contributed by atoms with E-state index in [1.807, 2.05) is 17.5 Å². The molecular weight excluding hydrogens is 336 g/mol. The first-order chi connectivity index (χ1) is 11.2. The van der Waals surface area contributed by atoms with E-state index in [9.17, 15) is 4.79 Å². The van der Waals surface area contributed by atoms with Crippen molar-refractivity contribution in [1.82, 2.24) is 5.01 Å². The van der Waals surface area contributed by atoms with Gasteiger partial charge in [0.05, 0.1) is 12.3 Å². The maximum absolute atomic E-state index is 12.7. The predicted molar refractivity (Wildman–Crippen MR) is 86.8 cm³/mol. The number of amides is 1. The van der Waals surface area contributed by atoms with Gasteiger partial charge in [-0.25, -0.2) is 5.01 Å². The van der Waals surface area contributed by atoms with Crippen LogP contribution in [0.2, 0.25) is 5.22 Å². The molecule has 23 heavy (non-hydrogen) atoms. The molecule has 0 saturated carbocycles.